The van der Waals surface area contributed by atoms with Crippen molar-refractivity contribution in [2.45, 2.75) is 17.5 Å². The fraction of sp³-hybridized carbons (Fsp3) is 0.222. The molecule has 0 aliphatic heterocycles. The topological polar surface area (TPSA) is 169 Å². The van der Waals surface area contributed by atoms with Gasteiger partial charge in [0, 0.05) is 5.56 Å². The largest absolute Gasteiger partial charge is 0.549 e. The number of hydrogen-bond donors (Lipinski definition) is 0. The third-order valence-electron chi connectivity index (χ3n) is 4.49. The SMILES string of the molecule is COc1ccc(-c2noc(C(CS(=O)(=O)c3ccc(C)cc3)([N+](=O)[O-])[N+](=O)[O-])n2)cc1. The zero-order valence-electron chi connectivity index (χ0n) is 16.3. The Labute approximate surface area is 175 Å². The Morgan fingerprint density at radius 2 is 1.61 bits per heavy atom. The lowest BCUT2D eigenvalue weighted by Crippen LogP contribution is -2.49. The smallest absolute Gasteiger partial charge is 0.497 e. The molecule has 3 aromatic rings. The lowest BCUT2D eigenvalue weighted by Gasteiger charge is -2.13. The number of nitro groups is 2. The number of methoxy groups -OCH3 is 1. The van der Waals surface area contributed by atoms with Crippen LogP contribution in [0.2, 0.25) is 0 Å². The summed E-state index contributed by atoms with van der Waals surface area (Å²) >= 11 is 0. The summed E-state index contributed by atoms with van der Waals surface area (Å²) in [5, 5.41) is 27.2. The molecule has 3 rings (SSSR count). The molecule has 0 aliphatic carbocycles. The van der Waals surface area contributed by atoms with E-state index in [1.54, 1.807) is 19.1 Å². The molecule has 0 unspecified atom stereocenters. The van der Waals surface area contributed by atoms with Gasteiger partial charge in [-0.25, -0.2) is 8.42 Å². The molecule has 0 amide bonds. The van der Waals surface area contributed by atoms with Gasteiger partial charge >= 0.3 is 11.6 Å². The molecule has 0 N–H and O–H groups in total. The number of aromatic nitrogens is 2. The van der Waals surface area contributed by atoms with Gasteiger partial charge in [-0.15, -0.1) is 0 Å². The standard InChI is InChI=1S/C18H16N4O8S/c1-12-3-9-15(10-4-12)31(27,28)11-18(21(23)24,22(25)26)17-19-16(20-30-17)13-5-7-14(29-2)8-6-13/h3-10H,11H2,1-2H3. The highest BCUT2D eigenvalue weighted by molar-refractivity contribution is 7.91. The minimum absolute atomic E-state index is 0.182. The number of hydrogen-bond acceptors (Lipinski definition) is 10. The minimum atomic E-state index is -4.46. The van der Waals surface area contributed by atoms with Gasteiger partial charge in [0.2, 0.25) is 11.6 Å². The Morgan fingerprint density at radius 3 is 2.13 bits per heavy atom. The summed E-state index contributed by atoms with van der Waals surface area (Å²) < 4.78 is 35.4. The van der Waals surface area contributed by atoms with Gasteiger partial charge in [-0.05, 0) is 43.3 Å². The van der Waals surface area contributed by atoms with E-state index in [1.807, 2.05) is 0 Å². The molecular weight excluding hydrogens is 432 g/mol. The van der Waals surface area contributed by atoms with Crippen molar-refractivity contribution in [2.24, 2.45) is 0 Å². The maximum Gasteiger partial charge on any atom is 0.549 e. The molecule has 31 heavy (non-hydrogen) atoms. The van der Waals surface area contributed by atoms with Crippen LogP contribution in [-0.4, -0.2) is 41.3 Å². The summed E-state index contributed by atoms with van der Waals surface area (Å²) in [5.41, 5.74) is -2.31. The second kappa shape index (κ2) is 8.10. The van der Waals surface area contributed by atoms with Crippen molar-refractivity contribution in [3.63, 3.8) is 0 Å². The van der Waals surface area contributed by atoms with Crippen LogP contribution in [-0.2, 0) is 15.5 Å². The van der Waals surface area contributed by atoms with Crippen LogP contribution in [0.1, 0.15) is 11.5 Å². The second-order valence-electron chi connectivity index (χ2n) is 6.55. The van der Waals surface area contributed by atoms with Crippen LogP contribution in [0, 0.1) is 27.2 Å². The molecule has 162 valence electrons. The Kier molecular flexibility index (Phi) is 5.71. The molecule has 12 nitrogen and oxygen atoms in total. The number of aryl methyl sites for hydroxylation is 1. The average Bonchev–Trinajstić information content (AvgIpc) is 3.22. The molecule has 0 spiro atoms. The molecule has 0 aliphatic rings. The van der Waals surface area contributed by atoms with Crippen LogP contribution >= 0.6 is 0 Å². The van der Waals surface area contributed by atoms with Crippen LogP contribution < -0.4 is 4.74 Å². The Balaban J connectivity index is 2.07. The fourth-order valence-corrected chi connectivity index (χ4v) is 4.31. The Morgan fingerprint density at radius 1 is 1.03 bits per heavy atom. The van der Waals surface area contributed by atoms with Crippen LogP contribution in [0.3, 0.4) is 0 Å². The quantitative estimate of drug-likeness (QED) is 0.283. The van der Waals surface area contributed by atoms with Gasteiger partial charge in [-0.2, -0.15) is 4.98 Å². The fourth-order valence-electron chi connectivity index (χ4n) is 2.73. The van der Waals surface area contributed by atoms with E-state index in [1.165, 1.54) is 43.5 Å². The Hall–Kier alpha value is -3.87. The molecular formula is C18H16N4O8S. The van der Waals surface area contributed by atoms with Crippen molar-refractivity contribution in [1.82, 2.24) is 10.1 Å². The van der Waals surface area contributed by atoms with Gasteiger partial charge in [0.15, 0.2) is 9.84 Å². The molecule has 2 aromatic carbocycles. The van der Waals surface area contributed by atoms with Gasteiger partial charge in [0.1, 0.15) is 15.6 Å². The molecule has 1 heterocycles. The maximum absolute atomic E-state index is 12.8. The molecule has 0 radical (unpaired) electrons. The van der Waals surface area contributed by atoms with Crippen LogP contribution in [0.25, 0.3) is 11.4 Å². The van der Waals surface area contributed by atoms with Crippen molar-refractivity contribution in [2.75, 3.05) is 12.9 Å². The number of nitrogens with zero attached hydrogens (tertiary/aromatic N) is 4. The summed E-state index contributed by atoms with van der Waals surface area (Å²) in [6, 6.07) is 11.5. The first-order chi connectivity index (χ1) is 14.6. The number of rotatable bonds is 8. The highest BCUT2D eigenvalue weighted by Gasteiger charge is 2.66. The highest BCUT2D eigenvalue weighted by Crippen LogP contribution is 2.31. The molecule has 0 saturated carbocycles. The Bertz CT molecular complexity index is 1210. The summed E-state index contributed by atoms with van der Waals surface area (Å²) in [6.07, 6.45) is 0. The van der Waals surface area contributed by atoms with Crippen molar-refractivity contribution >= 4 is 9.84 Å². The van der Waals surface area contributed by atoms with E-state index in [0.717, 1.165) is 5.56 Å². The first-order valence-corrected chi connectivity index (χ1v) is 10.3. The second-order valence-corrected chi connectivity index (χ2v) is 8.54. The van der Waals surface area contributed by atoms with Crippen LogP contribution in [0.5, 0.6) is 5.75 Å². The van der Waals surface area contributed by atoms with Crippen molar-refractivity contribution in [1.29, 1.82) is 0 Å². The average molecular weight is 448 g/mol. The summed E-state index contributed by atoms with van der Waals surface area (Å²) in [4.78, 5) is 24.4. The predicted molar refractivity (Wildman–Crippen MR) is 105 cm³/mol. The van der Waals surface area contributed by atoms with E-state index in [4.69, 9.17) is 9.26 Å². The van der Waals surface area contributed by atoms with E-state index < -0.39 is 37.0 Å². The van der Waals surface area contributed by atoms with Gasteiger partial charge in [0.25, 0.3) is 0 Å². The third kappa shape index (κ3) is 4.07. The van der Waals surface area contributed by atoms with Crippen molar-refractivity contribution < 1.29 is 27.5 Å². The monoisotopic (exact) mass is 448 g/mol. The number of sulfone groups is 1. The maximum atomic E-state index is 12.8. The van der Waals surface area contributed by atoms with Crippen molar-refractivity contribution in [3.05, 3.63) is 80.2 Å². The van der Waals surface area contributed by atoms with E-state index >= 15 is 0 Å². The van der Waals surface area contributed by atoms with Crippen LogP contribution in [0.4, 0.5) is 0 Å². The third-order valence-corrected chi connectivity index (χ3v) is 6.27. The van der Waals surface area contributed by atoms with Gasteiger partial charge in [-0.3, -0.25) is 20.2 Å². The van der Waals surface area contributed by atoms with Crippen molar-refractivity contribution in [3.8, 4) is 17.1 Å². The van der Waals surface area contributed by atoms with Crippen LogP contribution in [0.15, 0.2) is 57.9 Å². The normalized spacial score (nSPS) is 11.8. The van der Waals surface area contributed by atoms with Gasteiger partial charge in [0.05, 0.1) is 12.0 Å². The molecule has 0 fully saturated rings. The molecule has 1 aromatic heterocycles. The van der Waals surface area contributed by atoms with E-state index in [2.05, 4.69) is 10.1 Å². The molecule has 0 atom stereocenters. The van der Waals surface area contributed by atoms with E-state index in [9.17, 15) is 28.6 Å². The first kappa shape index (κ1) is 21.8. The molecule has 13 heteroatoms. The van der Waals surface area contributed by atoms with Gasteiger partial charge in [-0.1, -0.05) is 22.9 Å². The van der Waals surface area contributed by atoms with E-state index in [-0.39, 0.29) is 10.7 Å². The minimum Gasteiger partial charge on any atom is -0.497 e. The highest BCUT2D eigenvalue weighted by atomic mass is 32.2. The summed E-state index contributed by atoms with van der Waals surface area (Å²) in [5.74, 6) is -2.23. The van der Waals surface area contributed by atoms with E-state index in [0.29, 0.717) is 11.3 Å². The number of ether oxygens (including phenoxy) is 1. The zero-order valence-corrected chi connectivity index (χ0v) is 17.1. The predicted octanol–water partition coefficient (Wildman–Crippen LogP) is 2.23. The number of benzene rings is 2. The molecule has 0 bridgehead atoms. The zero-order chi connectivity index (χ0) is 22.8. The molecule has 0 saturated heterocycles. The lowest BCUT2D eigenvalue weighted by molar-refractivity contribution is -0.807. The first-order valence-electron chi connectivity index (χ1n) is 8.67. The summed E-state index contributed by atoms with van der Waals surface area (Å²) in [6.45, 7) is 1.72. The summed E-state index contributed by atoms with van der Waals surface area (Å²) in [7, 11) is -3.01. The van der Waals surface area contributed by atoms with Gasteiger partial charge < -0.3 is 9.26 Å². The lowest BCUT2D eigenvalue weighted by atomic mass is 10.2.